The van der Waals surface area contributed by atoms with E-state index in [4.69, 9.17) is 0 Å². The number of nitrogens with zero attached hydrogens (tertiary/aromatic N) is 1. The first kappa shape index (κ1) is 14.2. The SMILES string of the molecule is CC(=O)N(C1CCc2ccccc21)C1CC(=O)c2ccccc21. The molecule has 0 saturated carbocycles. The Hall–Kier alpha value is -2.42. The smallest absolute Gasteiger partial charge is 0.220 e. The van der Waals surface area contributed by atoms with Crippen LogP contribution in [0.1, 0.15) is 58.9 Å². The van der Waals surface area contributed by atoms with Crippen molar-refractivity contribution < 1.29 is 9.59 Å². The molecule has 2 aliphatic rings. The van der Waals surface area contributed by atoms with E-state index in [9.17, 15) is 9.59 Å². The van der Waals surface area contributed by atoms with Gasteiger partial charge < -0.3 is 4.90 Å². The monoisotopic (exact) mass is 305 g/mol. The highest BCUT2D eigenvalue weighted by Crippen LogP contribution is 2.44. The third kappa shape index (κ3) is 2.19. The molecule has 2 atom stereocenters. The number of fused-ring (bicyclic) bond motifs is 2. The summed E-state index contributed by atoms with van der Waals surface area (Å²) in [5, 5.41) is 0. The van der Waals surface area contributed by atoms with E-state index in [0.29, 0.717) is 6.42 Å². The van der Waals surface area contributed by atoms with Gasteiger partial charge in [0.05, 0.1) is 12.1 Å². The van der Waals surface area contributed by atoms with Gasteiger partial charge in [-0.25, -0.2) is 0 Å². The maximum Gasteiger partial charge on any atom is 0.220 e. The lowest BCUT2D eigenvalue weighted by Gasteiger charge is -2.34. The van der Waals surface area contributed by atoms with Crippen molar-refractivity contribution in [3.63, 3.8) is 0 Å². The van der Waals surface area contributed by atoms with Crippen LogP contribution in [-0.4, -0.2) is 16.6 Å². The lowest BCUT2D eigenvalue weighted by atomic mass is 10.0. The van der Waals surface area contributed by atoms with Crippen LogP contribution in [0.5, 0.6) is 0 Å². The van der Waals surface area contributed by atoms with Gasteiger partial charge in [-0.15, -0.1) is 0 Å². The van der Waals surface area contributed by atoms with Crippen molar-refractivity contribution >= 4 is 11.7 Å². The van der Waals surface area contributed by atoms with Gasteiger partial charge in [0.15, 0.2) is 5.78 Å². The third-order valence-electron chi connectivity index (χ3n) is 5.14. The van der Waals surface area contributed by atoms with Gasteiger partial charge in [-0.1, -0.05) is 48.5 Å². The van der Waals surface area contributed by atoms with Crippen molar-refractivity contribution in [1.29, 1.82) is 0 Å². The standard InChI is InChI=1S/C20H19NO2/c1-13(22)21(18-11-10-14-6-2-3-7-15(14)18)19-12-20(23)17-9-5-4-8-16(17)19/h2-9,18-19H,10-12H2,1H3. The summed E-state index contributed by atoms with van der Waals surface area (Å²) in [6.45, 7) is 1.62. The predicted molar refractivity (Wildman–Crippen MR) is 88.2 cm³/mol. The molecular weight excluding hydrogens is 286 g/mol. The van der Waals surface area contributed by atoms with Crippen LogP contribution in [0.15, 0.2) is 48.5 Å². The molecule has 0 saturated heterocycles. The second-order valence-corrected chi connectivity index (χ2v) is 6.41. The Kier molecular flexibility index (Phi) is 3.29. The molecule has 1 amide bonds. The average Bonchev–Trinajstić information content (AvgIpc) is 3.11. The summed E-state index contributed by atoms with van der Waals surface area (Å²) in [5.74, 6) is 0.185. The van der Waals surface area contributed by atoms with Crippen LogP contribution in [0.3, 0.4) is 0 Å². The minimum absolute atomic E-state index is 0.0428. The summed E-state index contributed by atoms with van der Waals surface area (Å²) in [6.07, 6.45) is 2.33. The van der Waals surface area contributed by atoms with E-state index in [-0.39, 0.29) is 23.8 Å². The molecule has 0 N–H and O–H groups in total. The van der Waals surface area contributed by atoms with Gasteiger partial charge in [-0.3, -0.25) is 9.59 Å². The maximum atomic E-state index is 12.5. The Balaban J connectivity index is 1.77. The molecule has 2 aromatic rings. The van der Waals surface area contributed by atoms with Gasteiger partial charge in [0.25, 0.3) is 0 Å². The van der Waals surface area contributed by atoms with Gasteiger partial charge in [-0.2, -0.15) is 0 Å². The van der Waals surface area contributed by atoms with Crippen molar-refractivity contribution in [3.8, 4) is 0 Å². The van der Waals surface area contributed by atoms with Crippen LogP contribution < -0.4 is 0 Å². The van der Waals surface area contributed by atoms with E-state index in [1.165, 1.54) is 11.1 Å². The average molecular weight is 305 g/mol. The number of hydrogen-bond acceptors (Lipinski definition) is 2. The molecule has 2 unspecified atom stereocenters. The number of carbonyl (C=O) groups excluding carboxylic acids is 2. The first-order valence-electron chi connectivity index (χ1n) is 8.15. The lowest BCUT2D eigenvalue weighted by Crippen LogP contribution is -2.35. The van der Waals surface area contributed by atoms with Crippen LogP contribution in [0.2, 0.25) is 0 Å². The van der Waals surface area contributed by atoms with E-state index >= 15 is 0 Å². The molecule has 4 rings (SSSR count). The van der Waals surface area contributed by atoms with E-state index in [1.54, 1.807) is 6.92 Å². The summed E-state index contributed by atoms with van der Waals surface area (Å²) in [5.41, 5.74) is 4.33. The van der Waals surface area contributed by atoms with E-state index in [0.717, 1.165) is 24.0 Å². The van der Waals surface area contributed by atoms with Gasteiger partial charge in [0, 0.05) is 18.9 Å². The van der Waals surface area contributed by atoms with Crippen LogP contribution in [0.4, 0.5) is 0 Å². The molecule has 0 fully saturated rings. The highest BCUT2D eigenvalue weighted by atomic mass is 16.2. The number of amides is 1. The minimum atomic E-state index is -0.132. The van der Waals surface area contributed by atoms with E-state index in [1.807, 2.05) is 41.3 Å². The summed E-state index contributed by atoms with van der Waals surface area (Å²) in [6, 6.07) is 16.0. The van der Waals surface area contributed by atoms with Crippen molar-refractivity contribution in [2.75, 3.05) is 0 Å². The second kappa shape index (κ2) is 5.34. The van der Waals surface area contributed by atoms with Crippen molar-refractivity contribution in [2.24, 2.45) is 0 Å². The first-order valence-corrected chi connectivity index (χ1v) is 8.15. The van der Waals surface area contributed by atoms with Crippen molar-refractivity contribution in [1.82, 2.24) is 4.90 Å². The molecule has 0 aliphatic heterocycles. The fourth-order valence-electron chi connectivity index (χ4n) is 4.16. The molecule has 0 spiro atoms. The van der Waals surface area contributed by atoms with Gasteiger partial charge >= 0.3 is 0 Å². The molecule has 0 radical (unpaired) electrons. The van der Waals surface area contributed by atoms with Gasteiger partial charge in [0.2, 0.25) is 5.91 Å². The fourth-order valence-corrected chi connectivity index (χ4v) is 4.16. The molecule has 2 aliphatic carbocycles. The molecular formula is C20H19NO2. The molecule has 0 bridgehead atoms. The van der Waals surface area contributed by atoms with Gasteiger partial charge in [0.1, 0.15) is 0 Å². The summed E-state index contributed by atoms with van der Waals surface area (Å²) in [7, 11) is 0. The number of hydrogen-bond donors (Lipinski definition) is 0. The summed E-state index contributed by atoms with van der Waals surface area (Å²) < 4.78 is 0. The predicted octanol–water partition coefficient (Wildman–Crippen LogP) is 3.85. The van der Waals surface area contributed by atoms with Crippen LogP contribution in [-0.2, 0) is 11.2 Å². The Bertz CT molecular complexity index is 796. The van der Waals surface area contributed by atoms with Gasteiger partial charge in [-0.05, 0) is 29.5 Å². The zero-order chi connectivity index (χ0) is 16.0. The van der Waals surface area contributed by atoms with E-state index < -0.39 is 0 Å². The number of rotatable bonds is 2. The molecule has 3 nitrogen and oxygen atoms in total. The first-order chi connectivity index (χ1) is 11.2. The molecule has 0 heterocycles. The molecule has 116 valence electrons. The van der Waals surface area contributed by atoms with Crippen molar-refractivity contribution in [2.45, 2.75) is 38.3 Å². The van der Waals surface area contributed by atoms with Crippen LogP contribution >= 0.6 is 0 Å². The topological polar surface area (TPSA) is 37.4 Å². The van der Waals surface area contributed by atoms with Crippen LogP contribution in [0.25, 0.3) is 0 Å². The number of Topliss-reactive ketones (excluding diaryl/α,β-unsaturated/α-hetero) is 1. The van der Waals surface area contributed by atoms with E-state index in [2.05, 4.69) is 12.1 Å². The largest absolute Gasteiger partial charge is 0.328 e. The fraction of sp³-hybridized carbons (Fsp3) is 0.300. The lowest BCUT2D eigenvalue weighted by molar-refractivity contribution is -0.134. The zero-order valence-corrected chi connectivity index (χ0v) is 13.2. The number of benzene rings is 2. The number of aryl methyl sites for hydroxylation is 1. The summed E-state index contributed by atoms with van der Waals surface area (Å²) >= 11 is 0. The maximum absolute atomic E-state index is 12.5. The third-order valence-corrected chi connectivity index (χ3v) is 5.14. The Labute approximate surface area is 135 Å². The molecule has 23 heavy (non-hydrogen) atoms. The highest BCUT2D eigenvalue weighted by Gasteiger charge is 2.40. The van der Waals surface area contributed by atoms with Crippen molar-refractivity contribution in [3.05, 3.63) is 70.8 Å². The minimum Gasteiger partial charge on any atom is -0.328 e. The molecule has 2 aromatic carbocycles. The quantitative estimate of drug-likeness (QED) is 0.845. The summed E-state index contributed by atoms with van der Waals surface area (Å²) in [4.78, 5) is 26.7. The zero-order valence-electron chi connectivity index (χ0n) is 13.2. The second-order valence-electron chi connectivity index (χ2n) is 6.41. The number of carbonyl (C=O) groups is 2. The Morgan fingerprint density at radius 2 is 1.70 bits per heavy atom. The number of ketones is 1. The molecule has 0 aromatic heterocycles. The molecule has 3 heteroatoms. The van der Waals surface area contributed by atoms with Crippen LogP contribution in [0, 0.1) is 0 Å². The normalized spacial score (nSPS) is 21.9. The Morgan fingerprint density at radius 1 is 1.00 bits per heavy atom. The Morgan fingerprint density at radius 3 is 2.48 bits per heavy atom. The highest BCUT2D eigenvalue weighted by molar-refractivity contribution is 6.01.